The molecule has 3 fully saturated rings. The number of fused-ring (bicyclic) bond motifs is 1. The number of nitrogens with one attached hydrogen (secondary N) is 1. The van der Waals surface area contributed by atoms with Crippen LogP contribution in [0.15, 0.2) is 0 Å². The van der Waals surface area contributed by atoms with Gasteiger partial charge in [0.1, 0.15) is 0 Å². The van der Waals surface area contributed by atoms with Gasteiger partial charge in [0.2, 0.25) is 0 Å². The van der Waals surface area contributed by atoms with E-state index in [1.165, 1.54) is 57.9 Å². The normalized spacial score (nSPS) is 33.9. The maximum absolute atomic E-state index is 5.51. The lowest BCUT2D eigenvalue weighted by atomic mass is 9.78. The smallest absolute Gasteiger partial charge is 0.0630 e. The first-order chi connectivity index (χ1) is 9.38. The number of hydrogen-bond donors (Lipinski definition) is 1. The van der Waals surface area contributed by atoms with E-state index < -0.39 is 0 Å². The molecule has 3 atom stereocenters. The lowest BCUT2D eigenvalue weighted by molar-refractivity contribution is -0.00312. The van der Waals surface area contributed by atoms with Crippen molar-refractivity contribution in [1.82, 2.24) is 10.2 Å². The summed E-state index contributed by atoms with van der Waals surface area (Å²) in [5.41, 5.74) is 0. The molecule has 3 aliphatic rings. The van der Waals surface area contributed by atoms with E-state index >= 15 is 0 Å². The third kappa shape index (κ3) is 3.50. The molecule has 2 aliphatic carbocycles. The van der Waals surface area contributed by atoms with E-state index in [1.807, 2.05) is 7.11 Å². The average molecular weight is 266 g/mol. The number of hydrogen-bond acceptors (Lipinski definition) is 3. The molecular weight excluding hydrogens is 236 g/mol. The molecule has 1 aliphatic heterocycles. The van der Waals surface area contributed by atoms with Gasteiger partial charge in [0.15, 0.2) is 0 Å². The molecule has 1 N–H and O–H groups in total. The van der Waals surface area contributed by atoms with E-state index in [-0.39, 0.29) is 0 Å². The second-order valence-electron chi connectivity index (χ2n) is 6.78. The summed E-state index contributed by atoms with van der Waals surface area (Å²) in [6.45, 7) is 3.31. The Kier molecular flexibility index (Phi) is 4.78. The molecule has 0 spiro atoms. The summed E-state index contributed by atoms with van der Waals surface area (Å²) in [7, 11) is 1.85. The van der Waals surface area contributed by atoms with E-state index in [0.29, 0.717) is 6.04 Å². The van der Waals surface area contributed by atoms with Crippen molar-refractivity contribution in [1.29, 1.82) is 0 Å². The third-order valence-corrected chi connectivity index (χ3v) is 5.33. The number of methoxy groups -OCH3 is 1. The maximum atomic E-state index is 5.51. The van der Waals surface area contributed by atoms with Crippen LogP contribution in [0, 0.1) is 5.92 Å². The summed E-state index contributed by atoms with van der Waals surface area (Å²) in [6, 6.07) is 2.26. The van der Waals surface area contributed by atoms with Crippen LogP contribution in [0.5, 0.6) is 0 Å². The quantitative estimate of drug-likeness (QED) is 0.799. The first-order valence-electron chi connectivity index (χ1n) is 8.36. The van der Waals surface area contributed by atoms with Gasteiger partial charge in [-0.05, 0) is 51.0 Å². The number of rotatable bonds is 6. The molecule has 110 valence electrons. The molecule has 0 radical (unpaired) electrons. The van der Waals surface area contributed by atoms with Crippen LogP contribution in [0.25, 0.3) is 0 Å². The summed E-state index contributed by atoms with van der Waals surface area (Å²) in [5, 5.41) is 3.71. The molecular formula is C16H30N2O. The first kappa shape index (κ1) is 13.8. The SMILES string of the molecule is COCC(CNC1CC1)N1CCC[C@H]2CCCC[C@H]21. The van der Waals surface area contributed by atoms with Crippen molar-refractivity contribution in [3.05, 3.63) is 0 Å². The highest BCUT2D eigenvalue weighted by Gasteiger charge is 2.37. The first-order valence-corrected chi connectivity index (χ1v) is 8.36. The molecule has 0 amide bonds. The lowest BCUT2D eigenvalue weighted by Crippen LogP contribution is -2.55. The summed E-state index contributed by atoms with van der Waals surface area (Å²) < 4.78 is 5.51. The van der Waals surface area contributed by atoms with Gasteiger partial charge in [0.25, 0.3) is 0 Å². The van der Waals surface area contributed by atoms with Crippen molar-refractivity contribution < 1.29 is 4.74 Å². The topological polar surface area (TPSA) is 24.5 Å². The van der Waals surface area contributed by atoms with Crippen molar-refractivity contribution in [3.63, 3.8) is 0 Å². The van der Waals surface area contributed by atoms with Gasteiger partial charge in [0.05, 0.1) is 6.61 Å². The van der Waals surface area contributed by atoms with Gasteiger partial charge in [-0.25, -0.2) is 0 Å². The fourth-order valence-electron chi connectivity index (χ4n) is 4.17. The van der Waals surface area contributed by atoms with Gasteiger partial charge in [-0.15, -0.1) is 0 Å². The Labute approximate surface area is 118 Å². The molecule has 3 nitrogen and oxygen atoms in total. The minimum Gasteiger partial charge on any atom is -0.383 e. The van der Waals surface area contributed by atoms with Crippen LogP contribution < -0.4 is 5.32 Å². The van der Waals surface area contributed by atoms with Crippen molar-refractivity contribution in [2.24, 2.45) is 5.92 Å². The molecule has 2 saturated carbocycles. The van der Waals surface area contributed by atoms with Gasteiger partial charge in [-0.1, -0.05) is 12.8 Å². The van der Waals surface area contributed by atoms with Crippen LogP contribution in [-0.4, -0.2) is 49.8 Å². The van der Waals surface area contributed by atoms with Crippen LogP contribution >= 0.6 is 0 Å². The van der Waals surface area contributed by atoms with Gasteiger partial charge < -0.3 is 10.1 Å². The Morgan fingerprint density at radius 2 is 1.89 bits per heavy atom. The summed E-state index contributed by atoms with van der Waals surface area (Å²) in [6.07, 6.45) is 11.4. The van der Waals surface area contributed by atoms with Gasteiger partial charge >= 0.3 is 0 Å². The third-order valence-electron chi connectivity index (χ3n) is 5.33. The Balaban J connectivity index is 1.60. The largest absolute Gasteiger partial charge is 0.383 e. The zero-order valence-corrected chi connectivity index (χ0v) is 12.4. The monoisotopic (exact) mass is 266 g/mol. The van der Waals surface area contributed by atoms with Gasteiger partial charge in [0, 0.05) is 31.8 Å². The molecule has 0 bridgehead atoms. The number of likely N-dealkylation sites (tertiary alicyclic amines) is 1. The molecule has 0 aromatic rings. The maximum Gasteiger partial charge on any atom is 0.0630 e. The van der Waals surface area contributed by atoms with Crippen molar-refractivity contribution in [3.8, 4) is 0 Å². The Bertz CT molecular complexity index is 278. The number of nitrogens with zero attached hydrogens (tertiary/aromatic N) is 1. The molecule has 19 heavy (non-hydrogen) atoms. The van der Waals surface area contributed by atoms with Crippen LogP contribution in [0.3, 0.4) is 0 Å². The van der Waals surface area contributed by atoms with Crippen molar-refractivity contribution >= 4 is 0 Å². The van der Waals surface area contributed by atoms with Crippen molar-refractivity contribution in [2.75, 3.05) is 26.8 Å². The lowest BCUT2D eigenvalue weighted by Gasteiger charge is -2.47. The van der Waals surface area contributed by atoms with E-state index in [9.17, 15) is 0 Å². The molecule has 1 heterocycles. The highest BCUT2D eigenvalue weighted by molar-refractivity contribution is 4.92. The Hall–Kier alpha value is -0.120. The van der Waals surface area contributed by atoms with Crippen LogP contribution in [0.2, 0.25) is 0 Å². The van der Waals surface area contributed by atoms with Crippen molar-refractivity contribution in [2.45, 2.75) is 69.5 Å². The van der Waals surface area contributed by atoms with E-state index in [0.717, 1.165) is 31.2 Å². The molecule has 0 aromatic heterocycles. The highest BCUT2D eigenvalue weighted by Crippen LogP contribution is 2.36. The standard InChI is InChI=1S/C16H30N2O/c1-19-12-15(11-17-14-8-9-14)18-10-4-6-13-5-2-3-7-16(13)18/h13-17H,2-12H2,1H3/t13-,15?,16-/m1/s1. The van der Waals surface area contributed by atoms with Crippen LogP contribution in [0.1, 0.15) is 51.4 Å². The van der Waals surface area contributed by atoms with E-state index in [2.05, 4.69) is 10.2 Å². The fraction of sp³-hybridized carbons (Fsp3) is 1.00. The molecule has 1 saturated heterocycles. The fourth-order valence-corrected chi connectivity index (χ4v) is 4.17. The number of ether oxygens (including phenoxy) is 1. The van der Waals surface area contributed by atoms with E-state index in [1.54, 1.807) is 0 Å². The summed E-state index contributed by atoms with van der Waals surface area (Å²) in [4.78, 5) is 2.80. The minimum atomic E-state index is 0.594. The molecule has 1 unspecified atom stereocenters. The predicted octanol–water partition coefficient (Wildman–Crippen LogP) is 2.41. The number of piperidine rings is 1. The Morgan fingerprint density at radius 3 is 2.68 bits per heavy atom. The predicted molar refractivity (Wildman–Crippen MR) is 78.4 cm³/mol. The van der Waals surface area contributed by atoms with Crippen LogP contribution in [0.4, 0.5) is 0 Å². The average Bonchev–Trinajstić information content (AvgIpc) is 3.27. The summed E-state index contributed by atoms with van der Waals surface area (Å²) >= 11 is 0. The zero-order valence-electron chi connectivity index (χ0n) is 12.4. The highest BCUT2D eigenvalue weighted by atomic mass is 16.5. The summed E-state index contributed by atoms with van der Waals surface area (Å²) in [5.74, 6) is 0.975. The van der Waals surface area contributed by atoms with Crippen LogP contribution in [-0.2, 0) is 4.74 Å². The Morgan fingerprint density at radius 1 is 1.11 bits per heavy atom. The van der Waals surface area contributed by atoms with E-state index in [4.69, 9.17) is 4.74 Å². The zero-order chi connectivity index (χ0) is 13.1. The van der Waals surface area contributed by atoms with Gasteiger partial charge in [-0.3, -0.25) is 4.90 Å². The second-order valence-corrected chi connectivity index (χ2v) is 6.78. The van der Waals surface area contributed by atoms with Gasteiger partial charge in [-0.2, -0.15) is 0 Å². The molecule has 0 aromatic carbocycles. The second kappa shape index (κ2) is 6.55. The molecule has 3 rings (SSSR count). The minimum absolute atomic E-state index is 0.594. The molecule has 3 heteroatoms.